The third kappa shape index (κ3) is 6.46. The number of nitrogens with one attached hydrogen (secondary N) is 1. The zero-order valence-electron chi connectivity index (χ0n) is 17.0. The van der Waals surface area contributed by atoms with Crippen molar-refractivity contribution >= 4 is 39.2 Å². The molecule has 0 bridgehead atoms. The molecule has 6 heteroatoms. The molecule has 0 atom stereocenters. The Morgan fingerprint density at radius 3 is 2.45 bits per heavy atom. The molecule has 1 amide bonds. The van der Waals surface area contributed by atoms with Crippen LogP contribution in [0, 0.1) is 11.3 Å². The van der Waals surface area contributed by atoms with Crippen LogP contribution < -0.4 is 14.8 Å². The molecule has 3 rings (SSSR count). The molecule has 0 saturated carbocycles. The van der Waals surface area contributed by atoms with Crippen LogP contribution in [0.3, 0.4) is 0 Å². The molecule has 0 radical (unpaired) electrons. The largest absolute Gasteiger partial charge is 0.490 e. The number of ether oxygens (including phenoxy) is 2. The summed E-state index contributed by atoms with van der Waals surface area (Å²) in [5, 5.41) is 12.4. The second-order valence-electron chi connectivity index (χ2n) is 6.52. The van der Waals surface area contributed by atoms with E-state index in [0.29, 0.717) is 29.4 Å². The first-order valence-electron chi connectivity index (χ1n) is 9.71. The van der Waals surface area contributed by atoms with Crippen LogP contribution in [-0.2, 0) is 4.79 Å². The number of anilines is 1. The Balaban J connectivity index is 1.75. The summed E-state index contributed by atoms with van der Waals surface area (Å²) in [6.07, 6.45) is 1.79. The zero-order chi connectivity index (χ0) is 22.1. The van der Waals surface area contributed by atoms with Crippen molar-refractivity contribution < 1.29 is 14.3 Å². The summed E-state index contributed by atoms with van der Waals surface area (Å²) in [4.78, 5) is 12.2. The molecule has 0 aliphatic rings. The Morgan fingerprint density at radius 1 is 1.03 bits per heavy atom. The van der Waals surface area contributed by atoms with E-state index in [0.717, 1.165) is 15.6 Å². The Morgan fingerprint density at radius 2 is 1.77 bits per heavy atom. The van der Waals surface area contributed by atoms with Gasteiger partial charge in [-0.1, -0.05) is 52.3 Å². The van der Waals surface area contributed by atoms with Gasteiger partial charge in [-0.05, 0) is 60.5 Å². The summed E-state index contributed by atoms with van der Waals surface area (Å²) in [5.41, 5.74) is 2.86. The fourth-order valence-corrected chi connectivity index (χ4v) is 3.10. The molecule has 5 nitrogen and oxygen atoms in total. The summed E-state index contributed by atoms with van der Waals surface area (Å²) in [6, 6.07) is 24.3. The van der Waals surface area contributed by atoms with Crippen LogP contribution in [0.1, 0.15) is 18.1 Å². The summed E-state index contributed by atoms with van der Waals surface area (Å²) in [5.74, 6) is 0.709. The normalized spacial score (nSPS) is 10.8. The van der Waals surface area contributed by atoms with Crippen LogP contribution in [0.2, 0.25) is 0 Å². The van der Waals surface area contributed by atoms with Gasteiger partial charge < -0.3 is 14.8 Å². The first kappa shape index (κ1) is 22.1. The summed E-state index contributed by atoms with van der Waals surface area (Å²) in [6.45, 7) is 2.17. The molecule has 0 fully saturated rings. The molecule has 0 aliphatic carbocycles. The van der Waals surface area contributed by atoms with E-state index in [1.165, 1.54) is 0 Å². The van der Waals surface area contributed by atoms with Crippen molar-refractivity contribution in [2.75, 3.05) is 18.5 Å². The van der Waals surface area contributed by atoms with Gasteiger partial charge in [0.25, 0.3) is 5.91 Å². The fourth-order valence-electron chi connectivity index (χ4n) is 2.84. The third-order valence-electron chi connectivity index (χ3n) is 4.27. The lowest BCUT2D eigenvalue weighted by Gasteiger charge is -2.13. The number of rotatable bonds is 8. The van der Waals surface area contributed by atoms with E-state index in [1.807, 2.05) is 67.6 Å². The van der Waals surface area contributed by atoms with Gasteiger partial charge in [-0.3, -0.25) is 4.79 Å². The topological polar surface area (TPSA) is 71.3 Å². The van der Waals surface area contributed by atoms with Crippen molar-refractivity contribution in [3.05, 3.63) is 88.4 Å². The third-order valence-corrected chi connectivity index (χ3v) is 4.80. The lowest BCUT2D eigenvalue weighted by molar-refractivity contribution is -0.118. The SMILES string of the molecule is CCOc1cc(/C=C(\C#N)c2ccc(Br)cc2)ccc1OCC(=O)Nc1ccccc1. The minimum atomic E-state index is -0.264. The average molecular weight is 477 g/mol. The van der Waals surface area contributed by atoms with Gasteiger partial charge in [-0.15, -0.1) is 0 Å². The van der Waals surface area contributed by atoms with Gasteiger partial charge in [0.05, 0.1) is 18.2 Å². The lowest BCUT2D eigenvalue weighted by atomic mass is 10.0. The highest BCUT2D eigenvalue weighted by Crippen LogP contribution is 2.30. The van der Waals surface area contributed by atoms with E-state index in [-0.39, 0.29) is 12.5 Å². The first-order valence-corrected chi connectivity index (χ1v) is 10.5. The Labute approximate surface area is 190 Å². The molecule has 0 spiro atoms. The Bertz CT molecular complexity index is 1100. The summed E-state index contributed by atoms with van der Waals surface area (Å²) in [7, 11) is 0. The highest BCUT2D eigenvalue weighted by molar-refractivity contribution is 9.10. The van der Waals surface area contributed by atoms with Gasteiger partial charge in [-0.25, -0.2) is 0 Å². The quantitative estimate of drug-likeness (QED) is 0.323. The Hall–Kier alpha value is -3.56. The molecule has 156 valence electrons. The van der Waals surface area contributed by atoms with Gasteiger partial charge in [0.2, 0.25) is 0 Å². The van der Waals surface area contributed by atoms with Gasteiger partial charge >= 0.3 is 0 Å². The number of nitriles is 1. The molecule has 31 heavy (non-hydrogen) atoms. The smallest absolute Gasteiger partial charge is 0.262 e. The molecule has 0 unspecified atom stereocenters. The highest BCUT2D eigenvalue weighted by Gasteiger charge is 2.10. The summed E-state index contributed by atoms with van der Waals surface area (Å²) < 4.78 is 12.3. The van der Waals surface area contributed by atoms with Crippen molar-refractivity contribution in [3.63, 3.8) is 0 Å². The number of allylic oxidation sites excluding steroid dienone is 1. The van der Waals surface area contributed by atoms with Gasteiger partial charge in [0.1, 0.15) is 0 Å². The van der Waals surface area contributed by atoms with Crippen molar-refractivity contribution in [2.45, 2.75) is 6.92 Å². The van der Waals surface area contributed by atoms with Crippen LogP contribution in [0.25, 0.3) is 11.6 Å². The van der Waals surface area contributed by atoms with Gasteiger partial charge in [-0.2, -0.15) is 5.26 Å². The molecule has 3 aromatic rings. The maximum absolute atomic E-state index is 12.2. The predicted octanol–water partition coefficient (Wildman–Crippen LogP) is 5.93. The molecule has 1 N–H and O–H groups in total. The van der Waals surface area contributed by atoms with Gasteiger partial charge in [0, 0.05) is 10.2 Å². The van der Waals surface area contributed by atoms with Crippen LogP contribution in [0.5, 0.6) is 11.5 Å². The maximum Gasteiger partial charge on any atom is 0.262 e. The van der Waals surface area contributed by atoms with E-state index < -0.39 is 0 Å². The summed E-state index contributed by atoms with van der Waals surface area (Å²) >= 11 is 3.40. The minimum Gasteiger partial charge on any atom is -0.490 e. The number of hydrogen-bond acceptors (Lipinski definition) is 4. The molecule has 0 saturated heterocycles. The number of halogens is 1. The molecule has 0 heterocycles. The molecule has 0 aliphatic heterocycles. The Kier molecular flexibility index (Phi) is 7.85. The van der Waals surface area contributed by atoms with Crippen LogP contribution >= 0.6 is 15.9 Å². The molecular formula is C25H21BrN2O3. The average Bonchev–Trinajstić information content (AvgIpc) is 2.78. The van der Waals surface area contributed by atoms with E-state index in [1.54, 1.807) is 18.2 Å². The van der Waals surface area contributed by atoms with E-state index in [9.17, 15) is 10.1 Å². The fraction of sp³-hybridized carbons (Fsp3) is 0.120. The van der Waals surface area contributed by atoms with Crippen molar-refractivity contribution in [3.8, 4) is 17.6 Å². The second kappa shape index (κ2) is 11.0. The van der Waals surface area contributed by atoms with Crippen LogP contribution in [0.15, 0.2) is 77.3 Å². The minimum absolute atomic E-state index is 0.146. The monoisotopic (exact) mass is 476 g/mol. The number of hydrogen-bond donors (Lipinski definition) is 1. The maximum atomic E-state index is 12.2. The van der Waals surface area contributed by atoms with Crippen molar-refractivity contribution in [1.82, 2.24) is 0 Å². The number of amides is 1. The number of carbonyl (C=O) groups excluding carboxylic acids is 1. The van der Waals surface area contributed by atoms with Crippen molar-refractivity contribution in [1.29, 1.82) is 5.26 Å². The second-order valence-corrected chi connectivity index (χ2v) is 7.43. The van der Waals surface area contributed by atoms with E-state index in [4.69, 9.17) is 9.47 Å². The van der Waals surface area contributed by atoms with Gasteiger partial charge in [0.15, 0.2) is 18.1 Å². The lowest BCUT2D eigenvalue weighted by Crippen LogP contribution is -2.20. The van der Waals surface area contributed by atoms with Crippen LogP contribution in [-0.4, -0.2) is 19.1 Å². The van der Waals surface area contributed by atoms with Crippen LogP contribution in [0.4, 0.5) is 5.69 Å². The van der Waals surface area contributed by atoms with E-state index >= 15 is 0 Å². The number of para-hydroxylation sites is 1. The highest BCUT2D eigenvalue weighted by atomic mass is 79.9. The number of carbonyl (C=O) groups is 1. The predicted molar refractivity (Wildman–Crippen MR) is 126 cm³/mol. The molecule has 3 aromatic carbocycles. The zero-order valence-corrected chi connectivity index (χ0v) is 18.6. The standard InChI is InChI=1S/C25H21BrN2O3/c1-2-30-24-15-18(14-20(16-27)19-9-11-21(26)12-10-19)8-13-23(24)31-17-25(29)28-22-6-4-3-5-7-22/h3-15H,2,17H2,1H3,(H,28,29)/b20-14+. The first-order chi connectivity index (χ1) is 15.1. The molecular weight excluding hydrogens is 456 g/mol. The molecule has 0 aromatic heterocycles. The number of nitrogens with zero attached hydrogens (tertiary/aromatic N) is 1. The van der Waals surface area contributed by atoms with Crippen molar-refractivity contribution in [2.24, 2.45) is 0 Å². The number of benzene rings is 3. The van der Waals surface area contributed by atoms with E-state index in [2.05, 4.69) is 27.3 Å².